The van der Waals surface area contributed by atoms with Crippen LogP contribution in [0.25, 0.3) is 0 Å². The smallest absolute Gasteiger partial charge is 0.242 e. The van der Waals surface area contributed by atoms with Gasteiger partial charge in [-0.15, -0.1) is 0 Å². The van der Waals surface area contributed by atoms with Gasteiger partial charge in [0.2, 0.25) is 5.91 Å². The first-order chi connectivity index (χ1) is 9.44. The Balaban J connectivity index is 2.12. The van der Waals surface area contributed by atoms with E-state index in [1.54, 1.807) is 0 Å². The molecular weight excluding hydrogens is 248 g/mol. The molecule has 1 saturated carbocycles. The van der Waals surface area contributed by atoms with Crippen molar-refractivity contribution >= 4 is 5.91 Å². The Hall–Kier alpha value is -1.35. The standard InChI is InChI=1S/C17H26N2O/c1-13-8-7-11-17(18,12-13)16(20)19(3)14(2)15-9-5-4-6-10-15/h4-6,9-10,13-14H,7-8,11-12,18H2,1-3H3. The highest BCUT2D eigenvalue weighted by atomic mass is 16.2. The number of benzene rings is 1. The first-order valence-corrected chi connectivity index (χ1v) is 7.55. The van der Waals surface area contributed by atoms with Crippen LogP contribution >= 0.6 is 0 Å². The monoisotopic (exact) mass is 274 g/mol. The van der Waals surface area contributed by atoms with Crippen LogP contribution in [0.15, 0.2) is 30.3 Å². The first kappa shape index (κ1) is 15.0. The number of likely N-dealkylation sites (N-methyl/N-ethyl adjacent to an activating group) is 1. The maximum Gasteiger partial charge on any atom is 0.242 e. The number of rotatable bonds is 3. The van der Waals surface area contributed by atoms with E-state index in [1.165, 1.54) is 6.42 Å². The molecule has 20 heavy (non-hydrogen) atoms. The van der Waals surface area contributed by atoms with Gasteiger partial charge in [0.25, 0.3) is 0 Å². The molecule has 110 valence electrons. The molecule has 0 bridgehead atoms. The van der Waals surface area contributed by atoms with Crippen molar-refractivity contribution in [3.8, 4) is 0 Å². The normalized spacial score (nSPS) is 27.9. The number of nitrogens with two attached hydrogens (primary N) is 1. The third-order valence-corrected chi connectivity index (χ3v) is 4.64. The summed E-state index contributed by atoms with van der Waals surface area (Å²) in [6.45, 7) is 4.25. The van der Waals surface area contributed by atoms with Gasteiger partial charge in [0.15, 0.2) is 0 Å². The van der Waals surface area contributed by atoms with Crippen molar-refractivity contribution in [3.05, 3.63) is 35.9 Å². The number of carbonyl (C=O) groups excluding carboxylic acids is 1. The molecular formula is C17H26N2O. The first-order valence-electron chi connectivity index (χ1n) is 7.55. The summed E-state index contributed by atoms with van der Waals surface area (Å²) < 4.78 is 0. The molecule has 2 rings (SSSR count). The lowest BCUT2D eigenvalue weighted by atomic mass is 9.76. The van der Waals surface area contributed by atoms with Crippen LogP contribution in [0.4, 0.5) is 0 Å². The zero-order chi connectivity index (χ0) is 14.8. The zero-order valence-electron chi connectivity index (χ0n) is 12.8. The average molecular weight is 274 g/mol. The average Bonchev–Trinajstić information content (AvgIpc) is 2.45. The molecule has 0 aromatic heterocycles. The Bertz CT molecular complexity index is 459. The second kappa shape index (κ2) is 5.96. The van der Waals surface area contributed by atoms with Gasteiger partial charge >= 0.3 is 0 Å². The second-order valence-corrected chi connectivity index (χ2v) is 6.36. The van der Waals surface area contributed by atoms with E-state index in [4.69, 9.17) is 5.73 Å². The summed E-state index contributed by atoms with van der Waals surface area (Å²) in [7, 11) is 1.87. The number of hydrogen-bond donors (Lipinski definition) is 1. The van der Waals surface area contributed by atoms with Gasteiger partial charge in [0, 0.05) is 7.05 Å². The van der Waals surface area contributed by atoms with Crippen LogP contribution in [-0.4, -0.2) is 23.4 Å². The molecule has 3 atom stereocenters. The van der Waals surface area contributed by atoms with Crippen LogP contribution in [0.5, 0.6) is 0 Å². The summed E-state index contributed by atoms with van der Waals surface area (Å²) in [5.41, 5.74) is 6.90. The third-order valence-electron chi connectivity index (χ3n) is 4.64. The van der Waals surface area contributed by atoms with Crippen molar-refractivity contribution in [2.24, 2.45) is 11.7 Å². The van der Waals surface area contributed by atoms with E-state index < -0.39 is 5.54 Å². The summed E-state index contributed by atoms with van der Waals surface area (Å²) in [5, 5.41) is 0. The largest absolute Gasteiger partial charge is 0.337 e. The van der Waals surface area contributed by atoms with Crippen molar-refractivity contribution in [3.63, 3.8) is 0 Å². The molecule has 1 aliphatic rings. The lowest BCUT2D eigenvalue weighted by molar-refractivity contribution is -0.139. The topological polar surface area (TPSA) is 46.3 Å². The van der Waals surface area contributed by atoms with E-state index in [-0.39, 0.29) is 11.9 Å². The molecule has 0 spiro atoms. The van der Waals surface area contributed by atoms with Gasteiger partial charge in [-0.1, -0.05) is 50.1 Å². The third kappa shape index (κ3) is 3.04. The lowest BCUT2D eigenvalue weighted by Gasteiger charge is -2.39. The fourth-order valence-corrected chi connectivity index (χ4v) is 3.27. The van der Waals surface area contributed by atoms with Crippen molar-refractivity contribution in [1.29, 1.82) is 0 Å². The number of amides is 1. The molecule has 2 N–H and O–H groups in total. The molecule has 3 unspecified atom stereocenters. The Morgan fingerprint density at radius 1 is 1.40 bits per heavy atom. The Labute approximate surface area is 122 Å². The van der Waals surface area contributed by atoms with Crippen LogP contribution in [0.3, 0.4) is 0 Å². The van der Waals surface area contributed by atoms with Crippen LogP contribution in [0.1, 0.15) is 51.1 Å². The lowest BCUT2D eigenvalue weighted by Crippen LogP contribution is -2.56. The van der Waals surface area contributed by atoms with Gasteiger partial charge < -0.3 is 10.6 Å². The van der Waals surface area contributed by atoms with E-state index in [0.29, 0.717) is 5.92 Å². The molecule has 1 aromatic carbocycles. The Kier molecular flexibility index (Phi) is 4.48. The Morgan fingerprint density at radius 2 is 2.05 bits per heavy atom. The molecule has 0 heterocycles. The molecule has 0 saturated heterocycles. The summed E-state index contributed by atoms with van der Waals surface area (Å²) in [5.74, 6) is 0.624. The summed E-state index contributed by atoms with van der Waals surface area (Å²) >= 11 is 0. The van der Waals surface area contributed by atoms with Crippen LogP contribution < -0.4 is 5.73 Å². The van der Waals surface area contributed by atoms with E-state index in [2.05, 4.69) is 26.0 Å². The minimum atomic E-state index is -0.671. The fourth-order valence-electron chi connectivity index (χ4n) is 3.27. The molecule has 0 radical (unpaired) electrons. The van der Waals surface area contributed by atoms with E-state index in [9.17, 15) is 4.79 Å². The van der Waals surface area contributed by atoms with E-state index >= 15 is 0 Å². The molecule has 1 aliphatic carbocycles. The molecule has 3 nitrogen and oxygen atoms in total. The number of carbonyl (C=O) groups is 1. The van der Waals surface area contributed by atoms with Crippen molar-refractivity contribution < 1.29 is 4.79 Å². The second-order valence-electron chi connectivity index (χ2n) is 6.36. The fraction of sp³-hybridized carbons (Fsp3) is 0.588. The SMILES string of the molecule is CC1CCCC(N)(C(=O)N(C)C(C)c2ccccc2)C1. The van der Waals surface area contributed by atoms with E-state index in [0.717, 1.165) is 24.8 Å². The molecule has 1 fully saturated rings. The quantitative estimate of drug-likeness (QED) is 0.920. The van der Waals surface area contributed by atoms with Crippen LogP contribution in [0, 0.1) is 5.92 Å². The van der Waals surface area contributed by atoms with Gasteiger partial charge in [-0.2, -0.15) is 0 Å². The highest BCUT2D eigenvalue weighted by Gasteiger charge is 2.40. The van der Waals surface area contributed by atoms with Crippen LogP contribution in [-0.2, 0) is 4.79 Å². The minimum Gasteiger partial charge on any atom is -0.337 e. The molecule has 3 heteroatoms. The predicted octanol–water partition coefficient (Wildman–Crippen LogP) is 3.11. The number of nitrogens with zero attached hydrogens (tertiary/aromatic N) is 1. The maximum absolute atomic E-state index is 12.8. The van der Waals surface area contributed by atoms with Crippen molar-refractivity contribution in [1.82, 2.24) is 4.90 Å². The Morgan fingerprint density at radius 3 is 2.65 bits per heavy atom. The zero-order valence-corrected chi connectivity index (χ0v) is 12.8. The van der Waals surface area contributed by atoms with Gasteiger partial charge in [0.1, 0.15) is 0 Å². The van der Waals surface area contributed by atoms with Gasteiger partial charge in [-0.05, 0) is 31.2 Å². The highest BCUT2D eigenvalue weighted by molar-refractivity contribution is 5.86. The van der Waals surface area contributed by atoms with Gasteiger partial charge in [-0.3, -0.25) is 4.79 Å². The summed E-state index contributed by atoms with van der Waals surface area (Å²) in [6.07, 6.45) is 3.85. The van der Waals surface area contributed by atoms with Gasteiger partial charge in [-0.25, -0.2) is 0 Å². The summed E-state index contributed by atoms with van der Waals surface area (Å²) in [4.78, 5) is 14.6. The molecule has 1 aromatic rings. The summed E-state index contributed by atoms with van der Waals surface area (Å²) in [6, 6.07) is 10.2. The maximum atomic E-state index is 12.8. The highest BCUT2D eigenvalue weighted by Crippen LogP contribution is 2.33. The van der Waals surface area contributed by atoms with Crippen molar-refractivity contribution in [2.75, 3.05) is 7.05 Å². The molecule has 0 aliphatic heterocycles. The van der Waals surface area contributed by atoms with Crippen molar-refractivity contribution in [2.45, 2.75) is 51.1 Å². The predicted molar refractivity (Wildman–Crippen MR) is 82.2 cm³/mol. The molecule has 1 amide bonds. The number of hydrogen-bond acceptors (Lipinski definition) is 2. The van der Waals surface area contributed by atoms with Gasteiger partial charge in [0.05, 0.1) is 11.6 Å². The minimum absolute atomic E-state index is 0.0568. The van der Waals surface area contributed by atoms with E-state index in [1.807, 2.05) is 30.1 Å². The van der Waals surface area contributed by atoms with Crippen LogP contribution in [0.2, 0.25) is 0 Å².